The number of benzene rings is 3. The predicted molar refractivity (Wildman–Crippen MR) is 129 cm³/mol. The highest BCUT2D eigenvalue weighted by atomic mass is 19.2. The van der Waals surface area contributed by atoms with Gasteiger partial charge in [-0.25, -0.2) is 13.2 Å². The lowest BCUT2D eigenvalue weighted by molar-refractivity contribution is -0.197. The number of aryl methyl sites for hydroxylation is 1. The lowest BCUT2D eigenvalue weighted by Gasteiger charge is -2.28. The molecule has 0 unspecified atom stereocenters. The second-order valence-corrected chi connectivity index (χ2v) is 8.67. The topological polar surface area (TPSA) is 18.5 Å². The molecule has 1 saturated heterocycles. The van der Waals surface area contributed by atoms with E-state index in [-0.39, 0.29) is 11.5 Å². The van der Waals surface area contributed by atoms with Crippen molar-refractivity contribution in [3.8, 4) is 22.3 Å². The van der Waals surface area contributed by atoms with Crippen LogP contribution < -0.4 is 0 Å². The van der Waals surface area contributed by atoms with Crippen LogP contribution in [-0.4, -0.2) is 13.2 Å². The van der Waals surface area contributed by atoms with Gasteiger partial charge in [-0.1, -0.05) is 74.4 Å². The fourth-order valence-corrected chi connectivity index (χ4v) is 4.16. The van der Waals surface area contributed by atoms with Gasteiger partial charge in [0.25, 0.3) is 0 Å². The molecule has 2 nitrogen and oxygen atoms in total. The largest absolute Gasteiger partial charge is 0.348 e. The molecule has 1 aliphatic rings. The van der Waals surface area contributed by atoms with Gasteiger partial charge in [-0.3, -0.25) is 0 Å². The van der Waals surface area contributed by atoms with E-state index in [9.17, 15) is 13.2 Å². The highest BCUT2D eigenvalue weighted by molar-refractivity contribution is 5.71. The smallest absolute Gasteiger partial charge is 0.183 e. The van der Waals surface area contributed by atoms with Gasteiger partial charge in [-0.2, -0.15) is 0 Å². The summed E-state index contributed by atoms with van der Waals surface area (Å²) in [6.07, 6.45) is 4.54. The summed E-state index contributed by atoms with van der Waals surface area (Å²) in [6.45, 7) is 6.77. The predicted octanol–water partition coefficient (Wildman–Crippen LogP) is 8.02. The molecule has 0 spiro atoms. The van der Waals surface area contributed by atoms with Crippen LogP contribution in [-0.2, 0) is 15.9 Å². The maximum Gasteiger partial charge on any atom is 0.183 e. The number of rotatable bonds is 8. The monoisotopic (exact) mass is 466 g/mol. The SMILES string of the molecule is C=CC1COC(c2ccc(-c3ccc(-c4ccc(CCCCC)c(F)c4F)cc3)c(F)c2)OC1. The zero-order valence-corrected chi connectivity index (χ0v) is 19.3. The number of halogens is 3. The van der Waals surface area contributed by atoms with E-state index in [1.807, 2.05) is 0 Å². The average Bonchev–Trinajstić information content (AvgIpc) is 2.87. The Morgan fingerprint density at radius 3 is 2.12 bits per heavy atom. The standard InChI is InChI=1S/C29H29F3O2/c1-3-5-6-7-22-12-15-25(28(32)27(22)31)21-10-8-20(9-11-21)24-14-13-23(16-26(24)30)29-33-17-19(4-2)18-34-29/h4,8-16,19,29H,2-3,5-7,17-18H2,1H3. The summed E-state index contributed by atoms with van der Waals surface area (Å²) in [5.74, 6) is -1.90. The van der Waals surface area contributed by atoms with E-state index in [2.05, 4.69) is 13.5 Å². The number of hydrogen-bond donors (Lipinski definition) is 0. The second kappa shape index (κ2) is 11.0. The van der Waals surface area contributed by atoms with Gasteiger partial charge >= 0.3 is 0 Å². The maximum atomic E-state index is 14.9. The van der Waals surface area contributed by atoms with E-state index in [1.54, 1.807) is 54.6 Å². The molecule has 1 fully saturated rings. The van der Waals surface area contributed by atoms with Crippen LogP contribution in [0, 0.1) is 23.4 Å². The number of ether oxygens (including phenoxy) is 2. The van der Waals surface area contributed by atoms with Crippen LogP contribution in [0.2, 0.25) is 0 Å². The Labute approximate surface area is 199 Å². The third kappa shape index (κ3) is 5.26. The van der Waals surface area contributed by atoms with E-state index in [4.69, 9.17) is 9.47 Å². The van der Waals surface area contributed by atoms with Crippen molar-refractivity contribution >= 4 is 0 Å². The molecule has 0 atom stereocenters. The van der Waals surface area contributed by atoms with Crippen molar-refractivity contribution in [2.75, 3.05) is 13.2 Å². The molecule has 5 heteroatoms. The zero-order valence-electron chi connectivity index (χ0n) is 19.3. The Bertz CT molecular complexity index is 1130. The molecular formula is C29H29F3O2. The zero-order chi connectivity index (χ0) is 24.1. The van der Waals surface area contributed by atoms with E-state index in [0.29, 0.717) is 47.5 Å². The quantitative estimate of drug-likeness (QED) is 0.247. The minimum atomic E-state index is -0.844. The van der Waals surface area contributed by atoms with E-state index >= 15 is 0 Å². The van der Waals surface area contributed by atoms with Gasteiger partial charge in [0.2, 0.25) is 0 Å². The van der Waals surface area contributed by atoms with Crippen molar-refractivity contribution in [2.45, 2.75) is 38.9 Å². The molecule has 0 aromatic heterocycles. The van der Waals surface area contributed by atoms with Crippen molar-refractivity contribution in [1.29, 1.82) is 0 Å². The van der Waals surface area contributed by atoms with Gasteiger partial charge in [-0.15, -0.1) is 6.58 Å². The van der Waals surface area contributed by atoms with E-state index in [0.717, 1.165) is 19.3 Å². The summed E-state index contributed by atoms with van der Waals surface area (Å²) in [4.78, 5) is 0. The molecule has 0 radical (unpaired) electrons. The van der Waals surface area contributed by atoms with Crippen molar-refractivity contribution < 1.29 is 22.6 Å². The minimum Gasteiger partial charge on any atom is -0.348 e. The molecule has 34 heavy (non-hydrogen) atoms. The summed E-state index contributed by atoms with van der Waals surface area (Å²) in [5, 5.41) is 0. The fourth-order valence-electron chi connectivity index (χ4n) is 4.16. The molecule has 1 aliphatic heterocycles. The lowest BCUT2D eigenvalue weighted by Crippen LogP contribution is -2.25. The van der Waals surface area contributed by atoms with Crippen LogP contribution in [0.3, 0.4) is 0 Å². The Morgan fingerprint density at radius 2 is 1.50 bits per heavy atom. The lowest BCUT2D eigenvalue weighted by atomic mass is 9.97. The molecule has 0 bridgehead atoms. The van der Waals surface area contributed by atoms with Crippen LogP contribution in [0.4, 0.5) is 13.2 Å². The first-order chi connectivity index (χ1) is 16.5. The first kappa shape index (κ1) is 24.2. The minimum absolute atomic E-state index is 0.134. The van der Waals surface area contributed by atoms with Crippen LogP contribution >= 0.6 is 0 Å². The molecule has 0 N–H and O–H groups in total. The number of unbranched alkanes of at least 4 members (excludes halogenated alkanes) is 2. The van der Waals surface area contributed by atoms with Crippen LogP contribution in [0.15, 0.2) is 67.3 Å². The Hall–Kier alpha value is -2.89. The van der Waals surface area contributed by atoms with Gasteiger partial charge in [-0.05, 0) is 35.6 Å². The third-order valence-electron chi connectivity index (χ3n) is 6.24. The van der Waals surface area contributed by atoms with Crippen molar-refractivity contribution in [2.24, 2.45) is 5.92 Å². The van der Waals surface area contributed by atoms with Crippen LogP contribution in [0.25, 0.3) is 22.3 Å². The summed E-state index contributed by atoms with van der Waals surface area (Å²) in [5.41, 5.74) is 2.80. The summed E-state index contributed by atoms with van der Waals surface area (Å²) < 4.78 is 55.5. The molecule has 0 aliphatic carbocycles. The summed E-state index contributed by atoms with van der Waals surface area (Å²) in [6, 6.07) is 14.9. The van der Waals surface area contributed by atoms with Gasteiger partial charge in [0.1, 0.15) is 5.82 Å². The van der Waals surface area contributed by atoms with E-state index < -0.39 is 23.7 Å². The third-order valence-corrected chi connectivity index (χ3v) is 6.24. The first-order valence-corrected chi connectivity index (χ1v) is 11.7. The maximum absolute atomic E-state index is 14.9. The van der Waals surface area contributed by atoms with Crippen LogP contribution in [0.5, 0.6) is 0 Å². The number of hydrogen-bond acceptors (Lipinski definition) is 2. The van der Waals surface area contributed by atoms with Crippen molar-refractivity contribution in [3.05, 3.63) is 95.8 Å². The van der Waals surface area contributed by atoms with Crippen LogP contribution in [0.1, 0.15) is 43.6 Å². The first-order valence-electron chi connectivity index (χ1n) is 11.7. The molecule has 1 heterocycles. The highest BCUT2D eigenvalue weighted by Crippen LogP contribution is 2.32. The van der Waals surface area contributed by atoms with Crippen molar-refractivity contribution in [1.82, 2.24) is 0 Å². The molecule has 178 valence electrons. The van der Waals surface area contributed by atoms with Crippen molar-refractivity contribution in [3.63, 3.8) is 0 Å². The highest BCUT2D eigenvalue weighted by Gasteiger charge is 2.23. The Morgan fingerprint density at radius 1 is 0.853 bits per heavy atom. The Balaban J connectivity index is 1.51. The normalized spacial score (nSPS) is 18.1. The molecular weight excluding hydrogens is 437 g/mol. The average molecular weight is 467 g/mol. The summed E-state index contributed by atoms with van der Waals surface area (Å²) >= 11 is 0. The molecule has 0 amide bonds. The fraction of sp³-hybridized carbons (Fsp3) is 0.310. The van der Waals surface area contributed by atoms with Gasteiger partial charge in [0, 0.05) is 22.6 Å². The summed E-state index contributed by atoms with van der Waals surface area (Å²) in [7, 11) is 0. The van der Waals surface area contributed by atoms with Gasteiger partial charge in [0.05, 0.1) is 13.2 Å². The van der Waals surface area contributed by atoms with E-state index in [1.165, 1.54) is 6.07 Å². The molecule has 0 saturated carbocycles. The second-order valence-electron chi connectivity index (χ2n) is 8.67. The van der Waals surface area contributed by atoms with Gasteiger partial charge < -0.3 is 9.47 Å². The molecule has 3 aromatic carbocycles. The Kier molecular flexibility index (Phi) is 7.86. The van der Waals surface area contributed by atoms with Gasteiger partial charge in [0.15, 0.2) is 17.9 Å². The molecule has 3 aromatic rings. The molecule has 4 rings (SSSR count).